The fraction of sp³-hybridized carbons (Fsp3) is 0.167. The van der Waals surface area contributed by atoms with Gasteiger partial charge in [0, 0.05) is 5.57 Å². The molecular formula is C18H17FO3. The molecule has 0 spiro atoms. The van der Waals surface area contributed by atoms with Gasteiger partial charge in [-0.2, -0.15) is 0 Å². The van der Waals surface area contributed by atoms with E-state index in [4.69, 9.17) is 4.74 Å². The van der Waals surface area contributed by atoms with Gasteiger partial charge in [0.15, 0.2) is 0 Å². The van der Waals surface area contributed by atoms with E-state index in [0.717, 1.165) is 11.1 Å². The third-order valence-corrected chi connectivity index (χ3v) is 3.07. The number of benzene rings is 2. The van der Waals surface area contributed by atoms with E-state index in [-0.39, 0.29) is 11.8 Å². The molecule has 3 nitrogen and oxygen atoms in total. The summed E-state index contributed by atoms with van der Waals surface area (Å²) < 4.78 is 23.3. The monoisotopic (exact) mass is 300 g/mol. The van der Waals surface area contributed by atoms with Crippen LogP contribution in [0.4, 0.5) is 4.39 Å². The molecule has 2 aromatic carbocycles. The van der Waals surface area contributed by atoms with Crippen molar-refractivity contribution in [2.75, 3.05) is 7.11 Å². The molecule has 0 aliphatic carbocycles. The van der Waals surface area contributed by atoms with E-state index in [1.54, 1.807) is 37.3 Å². The molecule has 0 heterocycles. The molecule has 0 saturated heterocycles. The zero-order chi connectivity index (χ0) is 15.9. The first-order chi connectivity index (χ1) is 10.6. The molecular weight excluding hydrogens is 283 g/mol. The Morgan fingerprint density at radius 3 is 2.55 bits per heavy atom. The summed E-state index contributed by atoms with van der Waals surface area (Å²) in [6.45, 7) is 1.99. The van der Waals surface area contributed by atoms with Crippen LogP contribution >= 0.6 is 0 Å². The Balaban J connectivity index is 1.99. The Kier molecular flexibility index (Phi) is 5.31. The standard InChI is InChI=1S/C18H17FO3/c1-13(18(20)21-2)10-14-6-8-17(9-7-14)22-12-15-4-3-5-16(19)11-15/h3-11H,12H2,1-2H3/b13-10+. The van der Waals surface area contributed by atoms with E-state index in [0.29, 0.717) is 17.9 Å². The zero-order valence-electron chi connectivity index (χ0n) is 12.5. The van der Waals surface area contributed by atoms with Crippen LogP contribution in [0.2, 0.25) is 0 Å². The first kappa shape index (κ1) is 15.8. The molecule has 0 fully saturated rings. The Morgan fingerprint density at radius 1 is 1.18 bits per heavy atom. The second kappa shape index (κ2) is 7.41. The van der Waals surface area contributed by atoms with Crippen molar-refractivity contribution in [1.29, 1.82) is 0 Å². The maximum Gasteiger partial charge on any atom is 0.333 e. The molecule has 0 unspecified atom stereocenters. The predicted octanol–water partition coefficient (Wildman–Crippen LogP) is 3.98. The lowest BCUT2D eigenvalue weighted by Crippen LogP contribution is -2.01. The molecule has 0 N–H and O–H groups in total. The molecule has 0 radical (unpaired) electrons. The van der Waals surface area contributed by atoms with Gasteiger partial charge in [-0.25, -0.2) is 9.18 Å². The van der Waals surface area contributed by atoms with Crippen molar-refractivity contribution in [3.63, 3.8) is 0 Å². The third kappa shape index (κ3) is 4.45. The SMILES string of the molecule is COC(=O)/C(C)=C/c1ccc(OCc2cccc(F)c2)cc1. The highest BCUT2D eigenvalue weighted by atomic mass is 19.1. The van der Waals surface area contributed by atoms with Crippen LogP contribution in [-0.2, 0) is 16.1 Å². The molecule has 0 bridgehead atoms. The highest BCUT2D eigenvalue weighted by molar-refractivity contribution is 5.92. The lowest BCUT2D eigenvalue weighted by atomic mass is 10.1. The average molecular weight is 300 g/mol. The van der Waals surface area contributed by atoms with E-state index < -0.39 is 0 Å². The number of rotatable bonds is 5. The van der Waals surface area contributed by atoms with Crippen molar-refractivity contribution in [2.45, 2.75) is 13.5 Å². The van der Waals surface area contributed by atoms with Crippen molar-refractivity contribution < 1.29 is 18.7 Å². The Morgan fingerprint density at radius 2 is 1.91 bits per heavy atom. The maximum atomic E-state index is 13.1. The summed E-state index contributed by atoms with van der Waals surface area (Å²) in [7, 11) is 1.35. The number of hydrogen-bond donors (Lipinski definition) is 0. The van der Waals surface area contributed by atoms with Crippen LogP contribution < -0.4 is 4.74 Å². The van der Waals surface area contributed by atoms with Gasteiger partial charge in [0.05, 0.1) is 7.11 Å². The number of halogens is 1. The first-order valence-electron chi connectivity index (χ1n) is 6.82. The second-order valence-corrected chi connectivity index (χ2v) is 4.81. The summed E-state index contributed by atoms with van der Waals surface area (Å²) in [5, 5.41) is 0. The second-order valence-electron chi connectivity index (χ2n) is 4.81. The Hall–Kier alpha value is -2.62. The molecule has 0 saturated carbocycles. The Bertz CT molecular complexity index is 675. The molecule has 4 heteroatoms. The normalized spacial score (nSPS) is 11.1. The van der Waals surface area contributed by atoms with Crippen LogP contribution in [0.25, 0.3) is 6.08 Å². The summed E-state index contributed by atoms with van der Waals surface area (Å²) >= 11 is 0. The van der Waals surface area contributed by atoms with Gasteiger partial charge in [-0.05, 0) is 48.4 Å². The van der Waals surface area contributed by atoms with Crippen molar-refractivity contribution in [2.24, 2.45) is 0 Å². The number of carbonyl (C=O) groups excluding carboxylic acids is 1. The summed E-state index contributed by atoms with van der Waals surface area (Å²) in [6.07, 6.45) is 1.74. The molecule has 0 amide bonds. The van der Waals surface area contributed by atoms with Gasteiger partial charge < -0.3 is 9.47 Å². The summed E-state index contributed by atoms with van der Waals surface area (Å²) in [4.78, 5) is 11.3. The van der Waals surface area contributed by atoms with Crippen LogP contribution in [-0.4, -0.2) is 13.1 Å². The van der Waals surface area contributed by atoms with Crippen LogP contribution in [0.1, 0.15) is 18.1 Å². The van der Waals surface area contributed by atoms with E-state index in [1.165, 1.54) is 19.2 Å². The number of hydrogen-bond acceptors (Lipinski definition) is 3. The number of ether oxygens (including phenoxy) is 2. The maximum absolute atomic E-state index is 13.1. The first-order valence-corrected chi connectivity index (χ1v) is 6.82. The van der Waals surface area contributed by atoms with Crippen molar-refractivity contribution in [3.8, 4) is 5.75 Å². The molecule has 0 aliphatic rings. The molecule has 2 rings (SSSR count). The van der Waals surface area contributed by atoms with E-state index in [9.17, 15) is 9.18 Å². The number of esters is 1. The van der Waals surface area contributed by atoms with Crippen molar-refractivity contribution in [3.05, 3.63) is 71.0 Å². The van der Waals surface area contributed by atoms with Gasteiger partial charge in [-0.15, -0.1) is 0 Å². The van der Waals surface area contributed by atoms with E-state index in [2.05, 4.69) is 4.74 Å². The van der Waals surface area contributed by atoms with Gasteiger partial charge in [0.25, 0.3) is 0 Å². The zero-order valence-corrected chi connectivity index (χ0v) is 12.5. The molecule has 0 aliphatic heterocycles. The smallest absolute Gasteiger partial charge is 0.333 e. The van der Waals surface area contributed by atoms with Crippen molar-refractivity contribution >= 4 is 12.0 Å². The van der Waals surface area contributed by atoms with E-state index >= 15 is 0 Å². The van der Waals surface area contributed by atoms with Crippen LogP contribution in [0.15, 0.2) is 54.1 Å². The van der Waals surface area contributed by atoms with Gasteiger partial charge in [0.2, 0.25) is 0 Å². The third-order valence-electron chi connectivity index (χ3n) is 3.07. The highest BCUT2D eigenvalue weighted by Gasteiger charge is 2.03. The molecule has 0 atom stereocenters. The van der Waals surface area contributed by atoms with Crippen LogP contribution in [0, 0.1) is 5.82 Å². The van der Waals surface area contributed by atoms with Gasteiger partial charge in [-0.3, -0.25) is 0 Å². The lowest BCUT2D eigenvalue weighted by Gasteiger charge is -2.07. The van der Waals surface area contributed by atoms with Gasteiger partial charge in [0.1, 0.15) is 18.2 Å². The van der Waals surface area contributed by atoms with Crippen LogP contribution in [0.5, 0.6) is 5.75 Å². The van der Waals surface area contributed by atoms with Crippen molar-refractivity contribution in [1.82, 2.24) is 0 Å². The van der Waals surface area contributed by atoms with Gasteiger partial charge >= 0.3 is 5.97 Å². The van der Waals surface area contributed by atoms with E-state index in [1.807, 2.05) is 12.1 Å². The minimum atomic E-state index is -0.355. The minimum absolute atomic E-state index is 0.278. The number of carbonyl (C=O) groups is 1. The topological polar surface area (TPSA) is 35.5 Å². The fourth-order valence-corrected chi connectivity index (χ4v) is 1.92. The molecule has 0 aromatic heterocycles. The summed E-state index contributed by atoms with van der Waals surface area (Å²) in [6, 6.07) is 13.6. The molecule has 2 aromatic rings. The Labute approximate surface area is 129 Å². The lowest BCUT2D eigenvalue weighted by molar-refractivity contribution is -0.135. The minimum Gasteiger partial charge on any atom is -0.489 e. The number of methoxy groups -OCH3 is 1. The summed E-state index contributed by atoms with van der Waals surface area (Å²) in [5.74, 6) is 0.0448. The molecule has 114 valence electrons. The van der Waals surface area contributed by atoms with Crippen LogP contribution in [0.3, 0.4) is 0 Å². The average Bonchev–Trinajstić information content (AvgIpc) is 2.53. The molecule has 22 heavy (non-hydrogen) atoms. The predicted molar refractivity (Wildman–Crippen MR) is 82.8 cm³/mol. The largest absolute Gasteiger partial charge is 0.489 e. The van der Waals surface area contributed by atoms with Gasteiger partial charge in [-0.1, -0.05) is 24.3 Å². The highest BCUT2D eigenvalue weighted by Crippen LogP contribution is 2.16. The quantitative estimate of drug-likeness (QED) is 0.619. The summed E-state index contributed by atoms with van der Waals surface area (Å²) in [5.41, 5.74) is 2.17. The fourth-order valence-electron chi connectivity index (χ4n) is 1.92.